The van der Waals surface area contributed by atoms with Crippen LogP contribution in [-0.2, 0) is 22.4 Å². The SMILES string of the molecule is CCc1cccc(CC)c1N(CCC(=O)NC(C)c1ccccc1)C(C)=O. The highest BCUT2D eigenvalue weighted by atomic mass is 16.2. The Bertz CT molecular complexity index is 749. The van der Waals surface area contributed by atoms with Crippen LogP contribution in [0.5, 0.6) is 0 Å². The third kappa shape index (κ3) is 5.43. The molecular weight excluding hydrogens is 336 g/mol. The van der Waals surface area contributed by atoms with Gasteiger partial charge in [0.05, 0.1) is 6.04 Å². The van der Waals surface area contributed by atoms with Crippen molar-refractivity contribution in [3.63, 3.8) is 0 Å². The van der Waals surface area contributed by atoms with E-state index in [0.29, 0.717) is 6.54 Å². The summed E-state index contributed by atoms with van der Waals surface area (Å²) in [6, 6.07) is 16.0. The molecule has 144 valence electrons. The van der Waals surface area contributed by atoms with Gasteiger partial charge in [0, 0.05) is 25.6 Å². The Labute approximate surface area is 162 Å². The second kappa shape index (κ2) is 9.91. The molecule has 0 aromatic heterocycles. The number of carbonyl (C=O) groups is 2. The Hall–Kier alpha value is -2.62. The van der Waals surface area contributed by atoms with Crippen molar-refractivity contribution in [3.05, 3.63) is 65.2 Å². The summed E-state index contributed by atoms with van der Waals surface area (Å²) in [4.78, 5) is 26.5. The molecule has 0 aliphatic rings. The lowest BCUT2D eigenvalue weighted by atomic mass is 10.0. The van der Waals surface area contributed by atoms with Gasteiger partial charge in [-0.05, 0) is 36.5 Å². The maximum atomic E-state index is 12.4. The molecule has 0 radical (unpaired) electrons. The summed E-state index contributed by atoms with van der Waals surface area (Å²) >= 11 is 0. The number of amides is 2. The van der Waals surface area contributed by atoms with Crippen LogP contribution in [0.2, 0.25) is 0 Å². The van der Waals surface area contributed by atoms with Gasteiger partial charge in [0.2, 0.25) is 11.8 Å². The number of hydrogen-bond acceptors (Lipinski definition) is 2. The van der Waals surface area contributed by atoms with Crippen LogP contribution in [0.4, 0.5) is 5.69 Å². The Morgan fingerprint density at radius 1 is 0.963 bits per heavy atom. The van der Waals surface area contributed by atoms with Crippen LogP contribution in [0.3, 0.4) is 0 Å². The normalized spacial score (nSPS) is 11.7. The number of hydrogen-bond donors (Lipinski definition) is 1. The fourth-order valence-electron chi connectivity index (χ4n) is 3.34. The van der Waals surface area contributed by atoms with Gasteiger partial charge in [-0.25, -0.2) is 0 Å². The lowest BCUT2D eigenvalue weighted by Crippen LogP contribution is -2.35. The molecule has 0 aliphatic heterocycles. The van der Waals surface area contributed by atoms with Crippen LogP contribution in [-0.4, -0.2) is 18.4 Å². The van der Waals surface area contributed by atoms with Crippen LogP contribution < -0.4 is 10.2 Å². The van der Waals surface area contributed by atoms with E-state index in [1.165, 1.54) is 0 Å². The van der Waals surface area contributed by atoms with E-state index < -0.39 is 0 Å². The highest BCUT2D eigenvalue weighted by Crippen LogP contribution is 2.27. The standard InChI is InChI=1S/C23H30N2O2/c1-5-19-13-10-14-20(6-2)23(19)25(18(4)26)16-15-22(27)24-17(3)21-11-8-7-9-12-21/h7-14,17H,5-6,15-16H2,1-4H3,(H,24,27). The van der Waals surface area contributed by atoms with Crippen molar-refractivity contribution < 1.29 is 9.59 Å². The zero-order valence-corrected chi connectivity index (χ0v) is 16.8. The van der Waals surface area contributed by atoms with E-state index in [1.807, 2.05) is 43.3 Å². The molecule has 0 fully saturated rings. The van der Waals surface area contributed by atoms with Gasteiger partial charge >= 0.3 is 0 Å². The summed E-state index contributed by atoms with van der Waals surface area (Å²) in [7, 11) is 0. The van der Waals surface area contributed by atoms with Gasteiger partial charge in [0.1, 0.15) is 0 Å². The summed E-state index contributed by atoms with van der Waals surface area (Å²) in [6.07, 6.45) is 1.98. The number of para-hydroxylation sites is 1. The summed E-state index contributed by atoms with van der Waals surface area (Å²) in [5.41, 5.74) is 4.32. The highest BCUT2D eigenvalue weighted by Gasteiger charge is 2.19. The van der Waals surface area contributed by atoms with Crippen LogP contribution >= 0.6 is 0 Å². The molecule has 2 amide bonds. The monoisotopic (exact) mass is 366 g/mol. The van der Waals surface area contributed by atoms with Crippen LogP contribution in [0, 0.1) is 0 Å². The molecule has 0 aliphatic carbocycles. The minimum atomic E-state index is -0.0568. The first kappa shape index (κ1) is 20.7. The molecule has 4 heteroatoms. The third-order valence-electron chi connectivity index (χ3n) is 4.85. The van der Waals surface area contributed by atoms with E-state index in [2.05, 4.69) is 31.3 Å². The lowest BCUT2D eigenvalue weighted by Gasteiger charge is -2.26. The molecule has 0 spiro atoms. The number of anilines is 1. The summed E-state index contributed by atoms with van der Waals surface area (Å²) in [5, 5.41) is 3.02. The number of carbonyl (C=O) groups excluding carboxylic acids is 2. The zero-order chi connectivity index (χ0) is 19.8. The maximum Gasteiger partial charge on any atom is 0.223 e. The van der Waals surface area contributed by atoms with E-state index >= 15 is 0 Å². The predicted octanol–water partition coefficient (Wildman–Crippen LogP) is 4.43. The van der Waals surface area contributed by atoms with Crippen molar-refractivity contribution in [3.8, 4) is 0 Å². The van der Waals surface area contributed by atoms with Crippen LogP contribution in [0.15, 0.2) is 48.5 Å². The summed E-state index contributed by atoms with van der Waals surface area (Å²) < 4.78 is 0. The van der Waals surface area contributed by atoms with Crippen molar-refractivity contribution in [1.29, 1.82) is 0 Å². The third-order valence-corrected chi connectivity index (χ3v) is 4.85. The van der Waals surface area contributed by atoms with Gasteiger partial charge < -0.3 is 10.2 Å². The first-order valence-electron chi connectivity index (χ1n) is 9.71. The van der Waals surface area contributed by atoms with E-state index in [1.54, 1.807) is 11.8 Å². The molecule has 0 bridgehead atoms. The van der Waals surface area contributed by atoms with Gasteiger partial charge in [-0.3, -0.25) is 9.59 Å². The maximum absolute atomic E-state index is 12.4. The summed E-state index contributed by atoms with van der Waals surface area (Å²) in [6.45, 7) is 8.09. The average Bonchev–Trinajstić information content (AvgIpc) is 2.68. The molecule has 2 aromatic carbocycles. The van der Waals surface area contributed by atoms with Crippen LogP contribution in [0.25, 0.3) is 0 Å². The Morgan fingerprint density at radius 2 is 1.56 bits per heavy atom. The quantitative estimate of drug-likeness (QED) is 0.751. The number of nitrogens with one attached hydrogen (secondary N) is 1. The molecule has 27 heavy (non-hydrogen) atoms. The Kier molecular flexibility index (Phi) is 7.59. The minimum absolute atomic E-state index is 0.0329. The summed E-state index contributed by atoms with van der Waals surface area (Å²) in [5.74, 6) is -0.0841. The predicted molar refractivity (Wildman–Crippen MR) is 111 cm³/mol. The van der Waals surface area contributed by atoms with E-state index in [9.17, 15) is 9.59 Å². The highest BCUT2D eigenvalue weighted by molar-refractivity contribution is 5.94. The smallest absolute Gasteiger partial charge is 0.223 e. The molecule has 0 heterocycles. The molecule has 1 unspecified atom stereocenters. The first-order valence-corrected chi connectivity index (χ1v) is 9.71. The fourth-order valence-corrected chi connectivity index (χ4v) is 3.34. The Balaban J connectivity index is 2.09. The van der Waals surface area contributed by atoms with Crippen molar-refractivity contribution >= 4 is 17.5 Å². The van der Waals surface area contributed by atoms with Gasteiger partial charge in [-0.2, -0.15) is 0 Å². The lowest BCUT2D eigenvalue weighted by molar-refractivity contribution is -0.121. The van der Waals surface area contributed by atoms with Gasteiger partial charge in [0.25, 0.3) is 0 Å². The van der Waals surface area contributed by atoms with Crippen molar-refractivity contribution in [1.82, 2.24) is 5.32 Å². The minimum Gasteiger partial charge on any atom is -0.350 e. The number of nitrogens with zero attached hydrogens (tertiary/aromatic N) is 1. The molecule has 2 aromatic rings. The fraction of sp³-hybridized carbons (Fsp3) is 0.391. The van der Waals surface area contributed by atoms with Gasteiger partial charge in [0.15, 0.2) is 0 Å². The molecule has 1 N–H and O–H groups in total. The van der Waals surface area contributed by atoms with Gasteiger partial charge in [-0.15, -0.1) is 0 Å². The molecule has 0 saturated heterocycles. The molecular formula is C23H30N2O2. The molecule has 2 rings (SSSR count). The average molecular weight is 367 g/mol. The number of rotatable bonds is 8. The topological polar surface area (TPSA) is 49.4 Å². The first-order chi connectivity index (χ1) is 13.0. The molecule has 4 nitrogen and oxygen atoms in total. The van der Waals surface area contributed by atoms with E-state index in [-0.39, 0.29) is 24.3 Å². The van der Waals surface area contributed by atoms with Crippen molar-refractivity contribution in [2.45, 2.75) is 53.0 Å². The van der Waals surface area contributed by atoms with Crippen molar-refractivity contribution in [2.75, 3.05) is 11.4 Å². The Morgan fingerprint density at radius 3 is 2.07 bits per heavy atom. The second-order valence-electron chi connectivity index (χ2n) is 6.75. The zero-order valence-electron chi connectivity index (χ0n) is 16.8. The van der Waals surface area contributed by atoms with E-state index in [0.717, 1.165) is 35.2 Å². The largest absolute Gasteiger partial charge is 0.350 e. The van der Waals surface area contributed by atoms with Gasteiger partial charge in [-0.1, -0.05) is 62.4 Å². The molecule has 0 saturated carbocycles. The van der Waals surface area contributed by atoms with E-state index in [4.69, 9.17) is 0 Å². The van der Waals surface area contributed by atoms with Crippen LogP contribution in [0.1, 0.15) is 56.8 Å². The number of benzene rings is 2. The molecule has 1 atom stereocenters. The number of aryl methyl sites for hydroxylation is 2. The second-order valence-corrected chi connectivity index (χ2v) is 6.75. The van der Waals surface area contributed by atoms with Crippen molar-refractivity contribution in [2.24, 2.45) is 0 Å².